The summed E-state index contributed by atoms with van der Waals surface area (Å²) in [4.78, 5) is 11.4. The Morgan fingerprint density at radius 2 is 1.80 bits per heavy atom. The molecule has 0 heterocycles. The molecule has 2 rings (SSSR count). The first kappa shape index (κ1) is 10.9. The van der Waals surface area contributed by atoms with E-state index >= 15 is 0 Å². The fourth-order valence-corrected chi connectivity index (χ4v) is 2.69. The van der Waals surface area contributed by atoms with Crippen LogP contribution >= 0.6 is 22.6 Å². The number of hydrogen-bond donors (Lipinski definition) is 1. The maximum absolute atomic E-state index is 11.4. The first-order chi connectivity index (χ1) is 6.90. The molecule has 15 heavy (non-hydrogen) atoms. The molecule has 80 valence electrons. The van der Waals surface area contributed by atoms with Crippen LogP contribution in [0.3, 0.4) is 0 Å². The molecule has 1 atom stereocenters. The molecule has 0 aromatic heterocycles. The van der Waals surface area contributed by atoms with Crippen molar-refractivity contribution in [3.05, 3.63) is 33.4 Å². The SMILES string of the molecule is CC1(C)CC1(C(=O)O)c1ccc(I)cc1. The van der Waals surface area contributed by atoms with E-state index in [1.807, 2.05) is 38.1 Å². The molecule has 1 fully saturated rings. The van der Waals surface area contributed by atoms with Crippen LogP contribution in [-0.4, -0.2) is 11.1 Å². The van der Waals surface area contributed by atoms with Crippen molar-refractivity contribution >= 4 is 28.6 Å². The van der Waals surface area contributed by atoms with E-state index in [-0.39, 0.29) is 5.41 Å². The Morgan fingerprint density at radius 1 is 1.33 bits per heavy atom. The van der Waals surface area contributed by atoms with Crippen LogP contribution in [-0.2, 0) is 10.2 Å². The first-order valence-corrected chi connectivity index (χ1v) is 5.97. The molecular formula is C12H13IO2. The third-order valence-electron chi connectivity index (χ3n) is 3.44. The lowest BCUT2D eigenvalue weighted by Crippen LogP contribution is -2.25. The Hall–Kier alpha value is -0.580. The Kier molecular flexibility index (Phi) is 2.33. The van der Waals surface area contributed by atoms with Crippen molar-refractivity contribution < 1.29 is 9.90 Å². The quantitative estimate of drug-likeness (QED) is 0.852. The Bertz CT molecular complexity index is 408. The standard InChI is InChI=1S/C12H13IO2/c1-11(2)7-12(11,10(14)15)8-3-5-9(13)6-4-8/h3-6H,7H2,1-2H3,(H,14,15). The minimum Gasteiger partial charge on any atom is -0.481 e. The maximum atomic E-state index is 11.4. The van der Waals surface area contributed by atoms with Crippen LogP contribution in [0.2, 0.25) is 0 Å². The van der Waals surface area contributed by atoms with E-state index in [2.05, 4.69) is 22.6 Å². The second-order valence-corrected chi connectivity index (χ2v) is 6.02. The zero-order valence-corrected chi connectivity index (χ0v) is 10.9. The highest BCUT2D eigenvalue weighted by molar-refractivity contribution is 14.1. The van der Waals surface area contributed by atoms with Gasteiger partial charge in [0.2, 0.25) is 0 Å². The van der Waals surface area contributed by atoms with E-state index in [1.165, 1.54) is 0 Å². The molecule has 1 aliphatic rings. The van der Waals surface area contributed by atoms with Gasteiger partial charge in [0.05, 0.1) is 5.41 Å². The zero-order chi connectivity index (χ0) is 11.3. The fourth-order valence-electron chi connectivity index (χ4n) is 2.33. The van der Waals surface area contributed by atoms with Gasteiger partial charge in [0.15, 0.2) is 0 Å². The van der Waals surface area contributed by atoms with E-state index in [0.29, 0.717) is 0 Å². The molecule has 0 amide bonds. The number of hydrogen-bond acceptors (Lipinski definition) is 1. The van der Waals surface area contributed by atoms with Gasteiger partial charge in [0.25, 0.3) is 0 Å². The smallest absolute Gasteiger partial charge is 0.314 e. The molecule has 1 saturated carbocycles. The average Bonchev–Trinajstić information content (AvgIpc) is 2.72. The average molecular weight is 316 g/mol. The number of rotatable bonds is 2. The van der Waals surface area contributed by atoms with Gasteiger partial charge in [-0.3, -0.25) is 4.79 Å². The van der Waals surface area contributed by atoms with Crippen LogP contribution in [0.25, 0.3) is 0 Å². The Balaban J connectivity index is 2.45. The van der Waals surface area contributed by atoms with Crippen molar-refractivity contribution in [3.63, 3.8) is 0 Å². The summed E-state index contributed by atoms with van der Waals surface area (Å²) in [5.74, 6) is -0.700. The van der Waals surface area contributed by atoms with Crippen LogP contribution in [0, 0.1) is 8.99 Å². The fraction of sp³-hybridized carbons (Fsp3) is 0.417. The van der Waals surface area contributed by atoms with Gasteiger partial charge in [-0.25, -0.2) is 0 Å². The molecule has 0 bridgehead atoms. The van der Waals surface area contributed by atoms with Crippen molar-refractivity contribution in [3.8, 4) is 0 Å². The Morgan fingerprint density at radius 3 is 2.13 bits per heavy atom. The molecule has 0 aliphatic heterocycles. The van der Waals surface area contributed by atoms with E-state index in [4.69, 9.17) is 0 Å². The predicted octanol–water partition coefficient (Wildman–Crippen LogP) is 3.04. The van der Waals surface area contributed by atoms with Crippen molar-refractivity contribution in [2.45, 2.75) is 25.7 Å². The van der Waals surface area contributed by atoms with Gasteiger partial charge in [0, 0.05) is 3.57 Å². The highest BCUT2D eigenvalue weighted by atomic mass is 127. The third-order valence-corrected chi connectivity index (χ3v) is 4.16. The molecule has 0 spiro atoms. The summed E-state index contributed by atoms with van der Waals surface area (Å²) in [7, 11) is 0. The lowest BCUT2D eigenvalue weighted by Gasteiger charge is -2.16. The van der Waals surface area contributed by atoms with E-state index in [9.17, 15) is 9.90 Å². The second kappa shape index (κ2) is 3.20. The van der Waals surface area contributed by atoms with Crippen molar-refractivity contribution in [2.24, 2.45) is 5.41 Å². The summed E-state index contributed by atoms with van der Waals surface area (Å²) < 4.78 is 1.13. The molecule has 1 aromatic carbocycles. The molecule has 1 unspecified atom stereocenters. The summed E-state index contributed by atoms with van der Waals surface area (Å²) in [5, 5.41) is 9.36. The van der Waals surface area contributed by atoms with Crippen molar-refractivity contribution in [1.82, 2.24) is 0 Å². The van der Waals surface area contributed by atoms with Gasteiger partial charge in [0.1, 0.15) is 0 Å². The topological polar surface area (TPSA) is 37.3 Å². The number of benzene rings is 1. The first-order valence-electron chi connectivity index (χ1n) is 4.90. The Labute approximate surface area is 103 Å². The highest BCUT2D eigenvalue weighted by Gasteiger charge is 2.67. The lowest BCUT2D eigenvalue weighted by molar-refractivity contribution is -0.141. The molecule has 2 nitrogen and oxygen atoms in total. The van der Waals surface area contributed by atoms with E-state index in [1.54, 1.807) is 0 Å². The number of halogens is 1. The molecule has 1 aromatic rings. The number of carboxylic acid groups (broad SMARTS) is 1. The van der Waals surface area contributed by atoms with Crippen LogP contribution in [0.5, 0.6) is 0 Å². The van der Waals surface area contributed by atoms with Crippen LogP contribution in [0.15, 0.2) is 24.3 Å². The molecule has 0 saturated heterocycles. The number of aliphatic carboxylic acids is 1. The maximum Gasteiger partial charge on any atom is 0.314 e. The summed E-state index contributed by atoms with van der Waals surface area (Å²) in [6, 6.07) is 7.80. The highest BCUT2D eigenvalue weighted by Crippen LogP contribution is 2.64. The predicted molar refractivity (Wildman–Crippen MR) is 66.9 cm³/mol. The van der Waals surface area contributed by atoms with Gasteiger partial charge in [-0.1, -0.05) is 26.0 Å². The van der Waals surface area contributed by atoms with Crippen molar-refractivity contribution in [1.29, 1.82) is 0 Å². The molecule has 1 N–H and O–H groups in total. The van der Waals surface area contributed by atoms with Gasteiger partial charge < -0.3 is 5.11 Å². The summed E-state index contributed by atoms with van der Waals surface area (Å²) in [5.41, 5.74) is 0.156. The normalized spacial score (nSPS) is 27.4. The van der Waals surface area contributed by atoms with Gasteiger partial charge >= 0.3 is 5.97 Å². The molecule has 3 heteroatoms. The molecular weight excluding hydrogens is 303 g/mol. The van der Waals surface area contributed by atoms with Crippen LogP contribution in [0.4, 0.5) is 0 Å². The molecule has 0 radical (unpaired) electrons. The summed E-state index contributed by atoms with van der Waals surface area (Å²) in [6.45, 7) is 4.03. The van der Waals surface area contributed by atoms with E-state index in [0.717, 1.165) is 15.6 Å². The van der Waals surface area contributed by atoms with Gasteiger partial charge in [-0.15, -0.1) is 0 Å². The van der Waals surface area contributed by atoms with Crippen LogP contribution in [0.1, 0.15) is 25.8 Å². The van der Waals surface area contributed by atoms with E-state index < -0.39 is 11.4 Å². The van der Waals surface area contributed by atoms with Crippen molar-refractivity contribution in [2.75, 3.05) is 0 Å². The largest absolute Gasteiger partial charge is 0.481 e. The van der Waals surface area contributed by atoms with Crippen LogP contribution < -0.4 is 0 Å². The number of carboxylic acids is 1. The second-order valence-electron chi connectivity index (χ2n) is 4.78. The van der Waals surface area contributed by atoms with Gasteiger partial charge in [-0.05, 0) is 52.1 Å². The monoisotopic (exact) mass is 316 g/mol. The number of carbonyl (C=O) groups is 1. The van der Waals surface area contributed by atoms with Gasteiger partial charge in [-0.2, -0.15) is 0 Å². The zero-order valence-electron chi connectivity index (χ0n) is 8.75. The minimum atomic E-state index is -0.700. The third kappa shape index (κ3) is 1.48. The minimum absolute atomic E-state index is 0.119. The summed E-state index contributed by atoms with van der Waals surface area (Å²) >= 11 is 2.22. The summed E-state index contributed by atoms with van der Waals surface area (Å²) in [6.07, 6.45) is 0.732. The lowest BCUT2D eigenvalue weighted by atomic mass is 9.88. The molecule has 1 aliphatic carbocycles.